The summed E-state index contributed by atoms with van der Waals surface area (Å²) in [5, 5.41) is 1.14. The number of ether oxygens (including phenoxy) is 1. The van der Waals surface area contributed by atoms with Crippen molar-refractivity contribution in [3.05, 3.63) is 35.6 Å². The molecule has 2 aromatic rings. The third-order valence-electron chi connectivity index (χ3n) is 4.29. The number of nitrogens with two attached hydrogens (primary N) is 1. The lowest BCUT2D eigenvalue weighted by molar-refractivity contribution is 0.0703. The molecule has 2 N–H and O–H groups in total. The molecule has 1 aromatic carbocycles. The summed E-state index contributed by atoms with van der Waals surface area (Å²) in [7, 11) is 0. The van der Waals surface area contributed by atoms with Crippen molar-refractivity contribution in [2.45, 2.75) is 39.0 Å². The second-order valence-electron chi connectivity index (χ2n) is 5.67. The Bertz CT molecular complexity index is 587. The SMILES string of the molecule is CCN(Cc1oc2ccccc2c1CN)CC1CCCO1. The van der Waals surface area contributed by atoms with Gasteiger partial charge in [0, 0.05) is 30.6 Å². The second kappa shape index (κ2) is 6.60. The van der Waals surface area contributed by atoms with Gasteiger partial charge in [-0.3, -0.25) is 4.90 Å². The van der Waals surface area contributed by atoms with Gasteiger partial charge >= 0.3 is 0 Å². The molecule has 4 heteroatoms. The van der Waals surface area contributed by atoms with Gasteiger partial charge in [-0.2, -0.15) is 0 Å². The van der Waals surface area contributed by atoms with E-state index in [0.717, 1.165) is 48.5 Å². The zero-order valence-electron chi connectivity index (χ0n) is 12.7. The van der Waals surface area contributed by atoms with Gasteiger partial charge in [-0.1, -0.05) is 25.1 Å². The molecule has 1 aromatic heterocycles. The molecule has 2 heterocycles. The molecule has 1 fully saturated rings. The minimum Gasteiger partial charge on any atom is -0.459 e. The number of likely N-dealkylation sites (N-methyl/N-ethyl adjacent to an activating group) is 1. The van der Waals surface area contributed by atoms with Gasteiger partial charge in [-0.25, -0.2) is 0 Å². The highest BCUT2D eigenvalue weighted by Gasteiger charge is 2.21. The van der Waals surface area contributed by atoms with Gasteiger partial charge in [-0.15, -0.1) is 0 Å². The molecule has 114 valence electrons. The van der Waals surface area contributed by atoms with Gasteiger partial charge in [0.2, 0.25) is 0 Å². The summed E-state index contributed by atoms with van der Waals surface area (Å²) < 4.78 is 11.8. The van der Waals surface area contributed by atoms with Crippen LogP contribution >= 0.6 is 0 Å². The number of nitrogens with zero attached hydrogens (tertiary/aromatic N) is 1. The van der Waals surface area contributed by atoms with Crippen molar-refractivity contribution in [3.8, 4) is 0 Å². The summed E-state index contributed by atoms with van der Waals surface area (Å²) in [6.45, 7) is 6.36. The van der Waals surface area contributed by atoms with Crippen molar-refractivity contribution >= 4 is 11.0 Å². The molecule has 0 aliphatic carbocycles. The fraction of sp³-hybridized carbons (Fsp3) is 0.529. The van der Waals surface area contributed by atoms with Crippen LogP contribution in [0.4, 0.5) is 0 Å². The number of benzene rings is 1. The average molecular weight is 288 g/mol. The maximum atomic E-state index is 6.02. The van der Waals surface area contributed by atoms with Crippen LogP contribution in [-0.2, 0) is 17.8 Å². The normalized spacial score (nSPS) is 18.9. The predicted octanol–water partition coefficient (Wildman–Crippen LogP) is 2.89. The molecule has 1 atom stereocenters. The van der Waals surface area contributed by atoms with E-state index in [1.807, 2.05) is 18.2 Å². The largest absolute Gasteiger partial charge is 0.459 e. The van der Waals surface area contributed by atoms with Crippen LogP contribution in [0.15, 0.2) is 28.7 Å². The number of rotatable bonds is 6. The molecule has 0 saturated carbocycles. The van der Waals surface area contributed by atoms with E-state index in [-0.39, 0.29) is 0 Å². The molecule has 3 rings (SSSR count). The molecule has 0 radical (unpaired) electrons. The summed E-state index contributed by atoms with van der Waals surface area (Å²) in [5.41, 5.74) is 8.01. The molecule has 0 bridgehead atoms. The second-order valence-corrected chi connectivity index (χ2v) is 5.67. The fourth-order valence-electron chi connectivity index (χ4n) is 3.09. The summed E-state index contributed by atoms with van der Waals surface area (Å²) in [5.74, 6) is 0.999. The van der Waals surface area contributed by atoms with E-state index in [0.29, 0.717) is 12.6 Å². The minimum absolute atomic E-state index is 0.371. The smallest absolute Gasteiger partial charge is 0.134 e. The predicted molar refractivity (Wildman–Crippen MR) is 84.0 cm³/mol. The van der Waals surface area contributed by atoms with Crippen LogP contribution in [0.25, 0.3) is 11.0 Å². The Morgan fingerprint density at radius 1 is 1.33 bits per heavy atom. The first-order valence-corrected chi connectivity index (χ1v) is 7.85. The van der Waals surface area contributed by atoms with E-state index < -0.39 is 0 Å². The first kappa shape index (κ1) is 14.6. The maximum absolute atomic E-state index is 6.02. The van der Waals surface area contributed by atoms with E-state index in [1.165, 1.54) is 12.8 Å². The third kappa shape index (κ3) is 3.12. The highest BCUT2D eigenvalue weighted by atomic mass is 16.5. The van der Waals surface area contributed by atoms with Crippen LogP contribution in [0.3, 0.4) is 0 Å². The van der Waals surface area contributed by atoms with Gasteiger partial charge in [0.1, 0.15) is 11.3 Å². The Labute approximate surface area is 125 Å². The number of hydrogen-bond donors (Lipinski definition) is 1. The standard InChI is InChI=1S/C17H24N2O2/c1-2-19(11-13-6-5-9-20-13)12-17-15(10-18)14-7-3-4-8-16(14)21-17/h3-4,7-8,13H,2,5-6,9-12,18H2,1H3. The van der Waals surface area contributed by atoms with E-state index in [1.54, 1.807) is 0 Å². The van der Waals surface area contributed by atoms with E-state index >= 15 is 0 Å². The Hall–Kier alpha value is -1.36. The van der Waals surface area contributed by atoms with Crippen LogP contribution < -0.4 is 5.73 Å². The summed E-state index contributed by atoms with van der Waals surface area (Å²) in [4.78, 5) is 2.38. The van der Waals surface area contributed by atoms with Crippen LogP contribution in [0, 0.1) is 0 Å². The molecule has 1 aliphatic rings. The average Bonchev–Trinajstić information content (AvgIpc) is 3.13. The quantitative estimate of drug-likeness (QED) is 0.888. The number of para-hydroxylation sites is 1. The molecule has 1 saturated heterocycles. The molecule has 0 amide bonds. The number of hydrogen-bond acceptors (Lipinski definition) is 4. The number of furan rings is 1. The van der Waals surface area contributed by atoms with Crippen LogP contribution in [0.5, 0.6) is 0 Å². The zero-order valence-corrected chi connectivity index (χ0v) is 12.7. The Morgan fingerprint density at radius 2 is 2.19 bits per heavy atom. The summed E-state index contributed by atoms with van der Waals surface area (Å²) in [6, 6.07) is 8.12. The van der Waals surface area contributed by atoms with E-state index in [2.05, 4.69) is 17.9 Å². The molecule has 4 nitrogen and oxygen atoms in total. The molecular formula is C17H24N2O2. The Kier molecular flexibility index (Phi) is 4.58. The van der Waals surface area contributed by atoms with Crippen LogP contribution in [0.1, 0.15) is 31.1 Å². The molecular weight excluding hydrogens is 264 g/mol. The van der Waals surface area contributed by atoms with Crippen LogP contribution in [0.2, 0.25) is 0 Å². The lowest BCUT2D eigenvalue weighted by Crippen LogP contribution is -2.31. The molecule has 1 aliphatic heterocycles. The van der Waals surface area contributed by atoms with Gasteiger partial charge < -0.3 is 14.9 Å². The van der Waals surface area contributed by atoms with Crippen molar-refractivity contribution in [2.24, 2.45) is 5.73 Å². The van der Waals surface area contributed by atoms with Gasteiger partial charge in [0.25, 0.3) is 0 Å². The van der Waals surface area contributed by atoms with Gasteiger partial charge in [-0.05, 0) is 25.5 Å². The van der Waals surface area contributed by atoms with Crippen molar-refractivity contribution in [1.82, 2.24) is 4.90 Å². The number of fused-ring (bicyclic) bond motifs is 1. The van der Waals surface area contributed by atoms with Crippen molar-refractivity contribution in [3.63, 3.8) is 0 Å². The Morgan fingerprint density at radius 3 is 2.90 bits per heavy atom. The van der Waals surface area contributed by atoms with E-state index in [4.69, 9.17) is 14.9 Å². The highest BCUT2D eigenvalue weighted by Crippen LogP contribution is 2.27. The van der Waals surface area contributed by atoms with Crippen LogP contribution in [-0.4, -0.2) is 30.7 Å². The first-order valence-electron chi connectivity index (χ1n) is 7.85. The zero-order chi connectivity index (χ0) is 14.7. The van der Waals surface area contributed by atoms with Crippen molar-refractivity contribution in [1.29, 1.82) is 0 Å². The molecule has 1 unspecified atom stereocenters. The lowest BCUT2D eigenvalue weighted by Gasteiger charge is -2.23. The van der Waals surface area contributed by atoms with Crippen molar-refractivity contribution < 1.29 is 9.15 Å². The topological polar surface area (TPSA) is 51.6 Å². The minimum atomic E-state index is 0.371. The summed E-state index contributed by atoms with van der Waals surface area (Å²) in [6.07, 6.45) is 2.72. The molecule has 0 spiro atoms. The summed E-state index contributed by atoms with van der Waals surface area (Å²) >= 11 is 0. The van der Waals surface area contributed by atoms with E-state index in [9.17, 15) is 0 Å². The first-order chi connectivity index (χ1) is 10.3. The van der Waals surface area contributed by atoms with Gasteiger partial charge in [0.15, 0.2) is 0 Å². The third-order valence-corrected chi connectivity index (χ3v) is 4.29. The molecule has 21 heavy (non-hydrogen) atoms. The monoisotopic (exact) mass is 288 g/mol. The highest BCUT2D eigenvalue weighted by molar-refractivity contribution is 5.82. The van der Waals surface area contributed by atoms with Crippen molar-refractivity contribution in [2.75, 3.05) is 19.7 Å². The maximum Gasteiger partial charge on any atom is 0.134 e. The van der Waals surface area contributed by atoms with Gasteiger partial charge in [0.05, 0.1) is 12.6 Å². The Balaban J connectivity index is 1.78. The lowest BCUT2D eigenvalue weighted by atomic mass is 10.1. The fourth-order valence-corrected chi connectivity index (χ4v) is 3.09.